The van der Waals surface area contributed by atoms with E-state index in [-0.39, 0.29) is 5.78 Å². The number of ether oxygens (including phenoxy) is 1. The number of rotatable bonds is 5. The highest BCUT2D eigenvalue weighted by Gasteiger charge is 2.00. The molecule has 0 radical (unpaired) electrons. The second kappa shape index (κ2) is 5.76. The van der Waals surface area contributed by atoms with Gasteiger partial charge in [-0.25, -0.2) is 0 Å². The molecule has 0 atom stereocenters. The molecule has 0 aliphatic rings. The van der Waals surface area contributed by atoms with Gasteiger partial charge in [-0.1, -0.05) is 11.6 Å². The van der Waals surface area contributed by atoms with Crippen LogP contribution >= 0.6 is 11.6 Å². The van der Waals surface area contributed by atoms with Crippen molar-refractivity contribution < 1.29 is 9.53 Å². The van der Waals surface area contributed by atoms with Gasteiger partial charge in [0.15, 0.2) is 0 Å². The van der Waals surface area contributed by atoms with Crippen LogP contribution < -0.4 is 4.74 Å². The van der Waals surface area contributed by atoms with Gasteiger partial charge >= 0.3 is 0 Å². The van der Waals surface area contributed by atoms with Crippen LogP contribution in [0.5, 0.6) is 5.75 Å². The molecule has 0 aliphatic heterocycles. The van der Waals surface area contributed by atoms with Crippen molar-refractivity contribution in [2.75, 3.05) is 6.61 Å². The SMILES string of the molecule is CC(=O)CCCOc1ccc(Cl)cc1C. The standard InChI is InChI=1S/C12H15ClO2/c1-9-8-11(13)5-6-12(9)15-7-3-4-10(2)14/h5-6,8H,3-4,7H2,1-2H3. The topological polar surface area (TPSA) is 26.3 Å². The number of benzene rings is 1. The Labute approximate surface area is 95.2 Å². The third-order valence-electron chi connectivity index (χ3n) is 2.07. The first kappa shape index (κ1) is 12.1. The summed E-state index contributed by atoms with van der Waals surface area (Å²) in [6, 6.07) is 5.52. The summed E-state index contributed by atoms with van der Waals surface area (Å²) in [4.78, 5) is 10.7. The number of halogens is 1. The molecule has 2 nitrogen and oxygen atoms in total. The lowest BCUT2D eigenvalue weighted by Gasteiger charge is -2.08. The minimum absolute atomic E-state index is 0.200. The van der Waals surface area contributed by atoms with E-state index in [0.29, 0.717) is 18.1 Å². The van der Waals surface area contributed by atoms with Gasteiger partial charge in [0.25, 0.3) is 0 Å². The summed E-state index contributed by atoms with van der Waals surface area (Å²) in [5.74, 6) is 1.04. The molecule has 0 aliphatic carbocycles. The van der Waals surface area contributed by atoms with Gasteiger partial charge in [0.05, 0.1) is 6.61 Å². The van der Waals surface area contributed by atoms with Crippen molar-refractivity contribution in [3.63, 3.8) is 0 Å². The van der Waals surface area contributed by atoms with E-state index in [4.69, 9.17) is 16.3 Å². The number of hydrogen-bond acceptors (Lipinski definition) is 2. The van der Waals surface area contributed by atoms with E-state index in [1.54, 1.807) is 13.0 Å². The fourth-order valence-electron chi connectivity index (χ4n) is 1.28. The van der Waals surface area contributed by atoms with Crippen LogP contribution in [-0.2, 0) is 4.79 Å². The van der Waals surface area contributed by atoms with E-state index in [1.165, 1.54) is 0 Å². The van der Waals surface area contributed by atoms with Crippen LogP contribution in [0.15, 0.2) is 18.2 Å². The monoisotopic (exact) mass is 226 g/mol. The maximum Gasteiger partial charge on any atom is 0.129 e. The fraction of sp³-hybridized carbons (Fsp3) is 0.417. The third kappa shape index (κ3) is 4.34. The average Bonchev–Trinajstić information content (AvgIpc) is 2.14. The van der Waals surface area contributed by atoms with Gasteiger partial charge in [0.2, 0.25) is 0 Å². The van der Waals surface area contributed by atoms with Gasteiger partial charge in [-0.2, -0.15) is 0 Å². The van der Waals surface area contributed by atoms with E-state index in [0.717, 1.165) is 17.7 Å². The van der Waals surface area contributed by atoms with Crippen molar-refractivity contribution in [2.24, 2.45) is 0 Å². The van der Waals surface area contributed by atoms with Crippen LogP contribution in [0.2, 0.25) is 5.02 Å². The lowest BCUT2D eigenvalue weighted by atomic mass is 10.2. The molecule has 0 N–H and O–H groups in total. The molecule has 0 spiro atoms. The van der Waals surface area contributed by atoms with E-state index in [9.17, 15) is 4.79 Å². The molecule has 0 fully saturated rings. The van der Waals surface area contributed by atoms with Crippen molar-refractivity contribution in [3.05, 3.63) is 28.8 Å². The summed E-state index contributed by atoms with van der Waals surface area (Å²) in [6.45, 7) is 4.11. The average molecular weight is 227 g/mol. The Balaban J connectivity index is 2.40. The highest BCUT2D eigenvalue weighted by atomic mass is 35.5. The van der Waals surface area contributed by atoms with Crippen LogP contribution in [0.4, 0.5) is 0 Å². The zero-order chi connectivity index (χ0) is 11.3. The maximum atomic E-state index is 10.7. The Morgan fingerprint density at radius 3 is 2.80 bits per heavy atom. The molecule has 0 saturated heterocycles. The first-order valence-electron chi connectivity index (χ1n) is 4.98. The van der Waals surface area contributed by atoms with Crippen molar-refractivity contribution in [2.45, 2.75) is 26.7 Å². The van der Waals surface area contributed by atoms with Crippen molar-refractivity contribution in [1.82, 2.24) is 0 Å². The summed E-state index contributed by atoms with van der Waals surface area (Å²) < 4.78 is 5.53. The van der Waals surface area contributed by atoms with Crippen LogP contribution in [-0.4, -0.2) is 12.4 Å². The van der Waals surface area contributed by atoms with Gasteiger partial charge in [0.1, 0.15) is 11.5 Å². The number of aryl methyl sites for hydroxylation is 1. The molecular formula is C12H15ClO2. The predicted molar refractivity (Wildman–Crippen MR) is 61.6 cm³/mol. The highest BCUT2D eigenvalue weighted by Crippen LogP contribution is 2.21. The fourth-order valence-corrected chi connectivity index (χ4v) is 1.50. The molecule has 0 unspecified atom stereocenters. The molecule has 15 heavy (non-hydrogen) atoms. The third-order valence-corrected chi connectivity index (χ3v) is 2.30. The van der Waals surface area contributed by atoms with E-state index >= 15 is 0 Å². The molecule has 1 aromatic carbocycles. The van der Waals surface area contributed by atoms with Gasteiger partial charge < -0.3 is 9.53 Å². The summed E-state index contributed by atoms with van der Waals surface area (Å²) in [5.41, 5.74) is 1.02. The minimum atomic E-state index is 0.200. The summed E-state index contributed by atoms with van der Waals surface area (Å²) in [5, 5.41) is 0.712. The second-order valence-electron chi connectivity index (χ2n) is 3.56. The first-order chi connectivity index (χ1) is 7.09. The summed E-state index contributed by atoms with van der Waals surface area (Å²) >= 11 is 5.82. The summed E-state index contributed by atoms with van der Waals surface area (Å²) in [7, 11) is 0. The van der Waals surface area contributed by atoms with E-state index in [1.807, 2.05) is 19.1 Å². The van der Waals surface area contributed by atoms with Crippen molar-refractivity contribution in [1.29, 1.82) is 0 Å². The predicted octanol–water partition coefficient (Wildman–Crippen LogP) is 3.40. The molecule has 82 valence electrons. The van der Waals surface area contributed by atoms with Crippen LogP contribution in [0, 0.1) is 6.92 Å². The Kier molecular flexibility index (Phi) is 4.63. The van der Waals surface area contributed by atoms with Crippen molar-refractivity contribution in [3.8, 4) is 5.75 Å². The lowest BCUT2D eigenvalue weighted by molar-refractivity contribution is -0.117. The zero-order valence-electron chi connectivity index (χ0n) is 9.05. The number of hydrogen-bond donors (Lipinski definition) is 0. The molecule has 0 heterocycles. The molecular weight excluding hydrogens is 212 g/mol. The van der Waals surface area contributed by atoms with Gasteiger partial charge in [-0.05, 0) is 44.0 Å². The minimum Gasteiger partial charge on any atom is -0.493 e. The molecule has 0 bridgehead atoms. The van der Waals surface area contributed by atoms with Crippen LogP contribution in [0.25, 0.3) is 0 Å². The van der Waals surface area contributed by atoms with E-state index in [2.05, 4.69) is 0 Å². The zero-order valence-corrected chi connectivity index (χ0v) is 9.80. The molecule has 0 aromatic heterocycles. The molecule has 0 amide bonds. The smallest absolute Gasteiger partial charge is 0.129 e. The summed E-state index contributed by atoms with van der Waals surface area (Å²) in [6.07, 6.45) is 1.34. The van der Waals surface area contributed by atoms with Gasteiger partial charge in [-0.3, -0.25) is 0 Å². The number of carbonyl (C=O) groups is 1. The number of carbonyl (C=O) groups excluding carboxylic acids is 1. The molecule has 0 saturated carbocycles. The van der Waals surface area contributed by atoms with Gasteiger partial charge in [0, 0.05) is 11.4 Å². The van der Waals surface area contributed by atoms with Crippen molar-refractivity contribution >= 4 is 17.4 Å². The lowest BCUT2D eigenvalue weighted by Crippen LogP contribution is -2.01. The normalized spacial score (nSPS) is 10.1. The molecule has 3 heteroatoms. The maximum absolute atomic E-state index is 10.7. The highest BCUT2D eigenvalue weighted by molar-refractivity contribution is 6.30. The van der Waals surface area contributed by atoms with Gasteiger partial charge in [-0.15, -0.1) is 0 Å². The first-order valence-corrected chi connectivity index (χ1v) is 5.36. The molecule has 1 rings (SSSR count). The second-order valence-corrected chi connectivity index (χ2v) is 4.00. The molecule has 1 aromatic rings. The van der Waals surface area contributed by atoms with Crippen LogP contribution in [0.1, 0.15) is 25.3 Å². The van der Waals surface area contributed by atoms with Crippen LogP contribution in [0.3, 0.4) is 0 Å². The number of ketones is 1. The Hall–Kier alpha value is -1.02. The Bertz CT molecular complexity index is 347. The Morgan fingerprint density at radius 1 is 1.47 bits per heavy atom. The number of Topliss-reactive ketones (excluding diaryl/α,β-unsaturated/α-hetero) is 1. The quantitative estimate of drug-likeness (QED) is 0.720. The largest absolute Gasteiger partial charge is 0.493 e. The van der Waals surface area contributed by atoms with E-state index < -0.39 is 0 Å². The Morgan fingerprint density at radius 2 is 2.20 bits per heavy atom.